The first-order valence-electron chi connectivity index (χ1n) is 9.43. The summed E-state index contributed by atoms with van der Waals surface area (Å²) in [6.07, 6.45) is 4.43. The third-order valence-electron chi connectivity index (χ3n) is 4.97. The van der Waals surface area contributed by atoms with E-state index in [2.05, 4.69) is 15.3 Å². The minimum atomic E-state index is -0.175. The zero-order valence-corrected chi connectivity index (χ0v) is 16.0. The van der Waals surface area contributed by atoms with Crippen molar-refractivity contribution in [1.82, 2.24) is 14.4 Å². The topological polar surface area (TPSA) is 59.3 Å². The SMILES string of the molecule is CCC(C(=O)Nc1cccc(-c2nc3ncccn3c2C)c1)c1ccccc1. The molecule has 0 fully saturated rings. The molecule has 4 rings (SSSR count). The van der Waals surface area contributed by atoms with E-state index < -0.39 is 0 Å². The van der Waals surface area contributed by atoms with Gasteiger partial charge in [0.25, 0.3) is 0 Å². The number of benzene rings is 2. The summed E-state index contributed by atoms with van der Waals surface area (Å²) in [5.74, 6) is 0.491. The van der Waals surface area contributed by atoms with Gasteiger partial charge in [-0.3, -0.25) is 9.20 Å². The van der Waals surface area contributed by atoms with E-state index in [4.69, 9.17) is 0 Å². The second-order valence-electron chi connectivity index (χ2n) is 6.78. The maximum absolute atomic E-state index is 12.9. The summed E-state index contributed by atoms with van der Waals surface area (Å²) >= 11 is 0. The van der Waals surface area contributed by atoms with Gasteiger partial charge in [-0.2, -0.15) is 0 Å². The third kappa shape index (κ3) is 3.39. The van der Waals surface area contributed by atoms with Crippen LogP contribution in [0.2, 0.25) is 0 Å². The van der Waals surface area contributed by atoms with Crippen LogP contribution in [-0.4, -0.2) is 20.3 Å². The maximum Gasteiger partial charge on any atom is 0.234 e. The summed E-state index contributed by atoms with van der Waals surface area (Å²) in [7, 11) is 0. The quantitative estimate of drug-likeness (QED) is 0.547. The number of imidazole rings is 1. The Morgan fingerprint density at radius 2 is 1.93 bits per heavy atom. The largest absolute Gasteiger partial charge is 0.326 e. The van der Waals surface area contributed by atoms with Crippen molar-refractivity contribution in [1.29, 1.82) is 0 Å². The molecular weight excluding hydrogens is 348 g/mol. The number of amides is 1. The Bertz CT molecular complexity index is 1120. The van der Waals surface area contributed by atoms with Crippen LogP contribution in [0.4, 0.5) is 5.69 Å². The molecule has 0 aliphatic heterocycles. The molecule has 5 nitrogen and oxygen atoms in total. The number of hydrogen-bond acceptors (Lipinski definition) is 3. The summed E-state index contributed by atoms with van der Waals surface area (Å²) in [5.41, 5.74) is 4.63. The fraction of sp³-hybridized carbons (Fsp3) is 0.174. The van der Waals surface area contributed by atoms with Gasteiger partial charge in [0.05, 0.1) is 11.6 Å². The predicted octanol–water partition coefficient (Wildman–Crippen LogP) is 4.84. The Morgan fingerprint density at radius 1 is 1.11 bits per heavy atom. The van der Waals surface area contributed by atoms with E-state index in [1.165, 1.54) is 0 Å². The molecule has 1 amide bonds. The van der Waals surface area contributed by atoms with Crippen molar-refractivity contribution >= 4 is 17.4 Å². The molecule has 1 unspecified atom stereocenters. The van der Waals surface area contributed by atoms with Crippen molar-refractivity contribution in [3.05, 3.63) is 84.3 Å². The number of rotatable bonds is 5. The van der Waals surface area contributed by atoms with Crippen LogP contribution in [0.25, 0.3) is 17.0 Å². The highest BCUT2D eigenvalue weighted by Crippen LogP contribution is 2.27. The van der Waals surface area contributed by atoms with Gasteiger partial charge in [-0.1, -0.05) is 49.4 Å². The number of hydrogen-bond donors (Lipinski definition) is 1. The molecule has 5 heteroatoms. The standard InChI is InChI=1S/C23H22N4O/c1-3-20(17-9-5-4-6-10-17)22(28)25-19-12-7-11-18(15-19)21-16(2)27-14-8-13-24-23(27)26-21/h4-15,20H,3H2,1-2H3,(H,25,28). The van der Waals surface area contributed by atoms with Crippen LogP contribution in [0.15, 0.2) is 73.1 Å². The van der Waals surface area contributed by atoms with Crippen molar-refractivity contribution < 1.29 is 4.79 Å². The number of nitrogens with one attached hydrogen (secondary N) is 1. The van der Waals surface area contributed by atoms with Crippen molar-refractivity contribution in [3.63, 3.8) is 0 Å². The van der Waals surface area contributed by atoms with Crippen LogP contribution < -0.4 is 5.32 Å². The molecule has 140 valence electrons. The lowest BCUT2D eigenvalue weighted by Gasteiger charge is -2.16. The number of carbonyl (C=O) groups is 1. The van der Waals surface area contributed by atoms with Crippen LogP contribution in [-0.2, 0) is 4.79 Å². The Kier molecular flexibility index (Phi) is 4.89. The van der Waals surface area contributed by atoms with Crippen molar-refractivity contribution in [2.24, 2.45) is 0 Å². The van der Waals surface area contributed by atoms with Gasteiger partial charge in [0.15, 0.2) is 0 Å². The number of aromatic nitrogens is 3. The number of nitrogens with zero attached hydrogens (tertiary/aromatic N) is 3. The van der Waals surface area contributed by atoms with Gasteiger partial charge in [-0.05, 0) is 37.1 Å². The summed E-state index contributed by atoms with van der Waals surface area (Å²) in [4.78, 5) is 21.8. The van der Waals surface area contributed by atoms with Crippen LogP contribution in [0.3, 0.4) is 0 Å². The first kappa shape index (κ1) is 17.9. The molecular formula is C23H22N4O. The van der Waals surface area contributed by atoms with Crippen LogP contribution in [0, 0.1) is 6.92 Å². The molecule has 1 N–H and O–H groups in total. The fourth-order valence-corrected chi connectivity index (χ4v) is 3.51. The third-order valence-corrected chi connectivity index (χ3v) is 4.97. The molecule has 2 aromatic heterocycles. The molecule has 0 bridgehead atoms. The molecule has 0 aliphatic rings. The maximum atomic E-state index is 12.9. The molecule has 1 atom stereocenters. The second-order valence-corrected chi connectivity index (χ2v) is 6.78. The Hall–Kier alpha value is -3.47. The Balaban J connectivity index is 1.62. The van der Waals surface area contributed by atoms with Gasteiger partial charge in [-0.25, -0.2) is 9.97 Å². The molecule has 0 saturated heterocycles. The van der Waals surface area contributed by atoms with E-state index in [0.29, 0.717) is 5.78 Å². The zero-order valence-electron chi connectivity index (χ0n) is 16.0. The summed E-state index contributed by atoms with van der Waals surface area (Å²) in [6, 6.07) is 19.6. The minimum absolute atomic E-state index is 0.000704. The van der Waals surface area contributed by atoms with E-state index in [0.717, 1.165) is 34.6 Å². The number of aryl methyl sites for hydroxylation is 1. The van der Waals surface area contributed by atoms with E-state index in [1.807, 2.05) is 85.1 Å². The highest BCUT2D eigenvalue weighted by Gasteiger charge is 2.19. The smallest absolute Gasteiger partial charge is 0.234 e. The van der Waals surface area contributed by atoms with Crippen LogP contribution >= 0.6 is 0 Å². The van der Waals surface area contributed by atoms with Gasteiger partial charge >= 0.3 is 0 Å². The van der Waals surface area contributed by atoms with Gasteiger partial charge < -0.3 is 5.32 Å². The molecule has 0 aliphatic carbocycles. The average molecular weight is 370 g/mol. The summed E-state index contributed by atoms with van der Waals surface area (Å²) < 4.78 is 1.96. The van der Waals surface area contributed by atoms with Crippen molar-refractivity contribution in [2.75, 3.05) is 5.32 Å². The van der Waals surface area contributed by atoms with Gasteiger partial charge in [0.1, 0.15) is 0 Å². The fourth-order valence-electron chi connectivity index (χ4n) is 3.51. The van der Waals surface area contributed by atoms with E-state index in [1.54, 1.807) is 6.20 Å². The molecule has 2 aromatic carbocycles. The first-order valence-corrected chi connectivity index (χ1v) is 9.43. The lowest BCUT2D eigenvalue weighted by Crippen LogP contribution is -2.20. The molecule has 0 saturated carbocycles. The number of carbonyl (C=O) groups excluding carboxylic acids is 1. The lowest BCUT2D eigenvalue weighted by atomic mass is 9.95. The highest BCUT2D eigenvalue weighted by molar-refractivity contribution is 5.96. The highest BCUT2D eigenvalue weighted by atomic mass is 16.1. The summed E-state index contributed by atoms with van der Waals surface area (Å²) in [5, 5.41) is 3.07. The van der Waals surface area contributed by atoms with Gasteiger partial charge in [-0.15, -0.1) is 0 Å². The summed E-state index contributed by atoms with van der Waals surface area (Å²) in [6.45, 7) is 4.05. The number of anilines is 1. The van der Waals surface area contributed by atoms with Gasteiger partial charge in [0, 0.05) is 29.3 Å². The molecule has 4 aromatic rings. The molecule has 0 radical (unpaired) electrons. The lowest BCUT2D eigenvalue weighted by molar-refractivity contribution is -0.117. The molecule has 0 spiro atoms. The van der Waals surface area contributed by atoms with E-state index in [-0.39, 0.29) is 11.8 Å². The second kappa shape index (κ2) is 7.64. The van der Waals surface area contributed by atoms with E-state index >= 15 is 0 Å². The zero-order chi connectivity index (χ0) is 19.5. The van der Waals surface area contributed by atoms with Crippen LogP contribution in [0.1, 0.15) is 30.5 Å². The Labute approximate surface area is 164 Å². The van der Waals surface area contributed by atoms with Crippen molar-refractivity contribution in [2.45, 2.75) is 26.2 Å². The predicted molar refractivity (Wildman–Crippen MR) is 111 cm³/mol. The van der Waals surface area contributed by atoms with Crippen molar-refractivity contribution in [3.8, 4) is 11.3 Å². The first-order chi connectivity index (χ1) is 13.7. The average Bonchev–Trinajstić information content (AvgIpc) is 3.06. The molecule has 28 heavy (non-hydrogen) atoms. The number of fused-ring (bicyclic) bond motifs is 1. The van der Waals surface area contributed by atoms with Gasteiger partial charge in [0.2, 0.25) is 11.7 Å². The van der Waals surface area contributed by atoms with Crippen LogP contribution in [0.5, 0.6) is 0 Å². The Morgan fingerprint density at radius 3 is 2.68 bits per heavy atom. The minimum Gasteiger partial charge on any atom is -0.326 e. The normalized spacial score (nSPS) is 12.1. The monoisotopic (exact) mass is 370 g/mol. The van der Waals surface area contributed by atoms with E-state index in [9.17, 15) is 4.79 Å². The molecule has 2 heterocycles.